The Morgan fingerprint density at radius 1 is 0.515 bits per heavy atom. The van der Waals surface area contributed by atoms with Crippen molar-refractivity contribution in [2.75, 3.05) is 9.80 Å². The summed E-state index contributed by atoms with van der Waals surface area (Å²) in [6.07, 6.45) is 9.84. The lowest BCUT2D eigenvalue weighted by molar-refractivity contribution is 0.332. The molecule has 4 heteroatoms. The third-order valence-electron chi connectivity index (χ3n) is 17.8. The van der Waals surface area contributed by atoms with E-state index < -0.39 is 0 Å². The summed E-state index contributed by atoms with van der Waals surface area (Å²) in [5, 5.41) is 2.36. The molecule has 2 aliphatic heterocycles. The molecule has 1 saturated carbocycles. The number of benzene rings is 7. The molecule has 0 unspecified atom stereocenters. The fourth-order valence-corrected chi connectivity index (χ4v) is 14.4. The summed E-state index contributed by atoms with van der Waals surface area (Å²) in [4.78, 5) is 5.47. The Balaban J connectivity index is 1.20. The van der Waals surface area contributed by atoms with Crippen LogP contribution in [-0.2, 0) is 21.7 Å². The van der Waals surface area contributed by atoms with Gasteiger partial charge in [-0.15, -0.1) is 0 Å². The predicted molar refractivity (Wildman–Crippen MR) is 290 cm³/mol. The summed E-state index contributed by atoms with van der Waals surface area (Å²) in [5.74, 6) is 0.495. The Kier molecular flexibility index (Phi) is 9.00. The molecule has 0 saturated heterocycles. The van der Waals surface area contributed by atoms with Crippen molar-refractivity contribution < 1.29 is 4.42 Å². The van der Waals surface area contributed by atoms with Gasteiger partial charge in [0.25, 0.3) is 6.71 Å². The maximum absolute atomic E-state index is 6.84. The highest BCUT2D eigenvalue weighted by molar-refractivity contribution is 7.00. The van der Waals surface area contributed by atoms with Gasteiger partial charge in [-0.2, -0.15) is 0 Å². The zero-order valence-electron chi connectivity index (χ0n) is 41.7. The maximum atomic E-state index is 6.84. The van der Waals surface area contributed by atoms with Crippen molar-refractivity contribution in [1.29, 1.82) is 0 Å². The van der Waals surface area contributed by atoms with E-state index in [1.807, 2.05) is 0 Å². The van der Waals surface area contributed by atoms with Crippen molar-refractivity contribution in [2.24, 2.45) is 0 Å². The highest BCUT2D eigenvalue weighted by atomic mass is 16.3. The van der Waals surface area contributed by atoms with Crippen molar-refractivity contribution in [3.05, 3.63) is 161 Å². The van der Waals surface area contributed by atoms with Crippen LogP contribution in [0, 0.1) is 6.92 Å². The first-order valence-corrected chi connectivity index (χ1v) is 25.8. The molecule has 5 aliphatic rings. The molecule has 1 fully saturated rings. The Morgan fingerprint density at radius 3 is 1.88 bits per heavy atom. The quantitative estimate of drug-likeness (QED) is 0.164. The van der Waals surface area contributed by atoms with Crippen LogP contribution in [0.2, 0.25) is 0 Å². The lowest BCUT2D eigenvalue weighted by atomic mass is 9.33. The van der Waals surface area contributed by atoms with Gasteiger partial charge in [-0.1, -0.05) is 160 Å². The number of rotatable bonds is 4. The van der Waals surface area contributed by atoms with Gasteiger partial charge < -0.3 is 14.2 Å². The molecule has 3 aliphatic carbocycles. The van der Waals surface area contributed by atoms with E-state index in [0.29, 0.717) is 5.92 Å². The first-order chi connectivity index (χ1) is 32.6. The van der Waals surface area contributed by atoms with Crippen molar-refractivity contribution in [3.63, 3.8) is 0 Å². The van der Waals surface area contributed by atoms with E-state index in [1.54, 1.807) is 0 Å². The summed E-state index contributed by atoms with van der Waals surface area (Å²) in [6, 6.07) is 49.6. The summed E-state index contributed by atoms with van der Waals surface area (Å²) in [5.41, 5.74) is 25.3. The van der Waals surface area contributed by atoms with Gasteiger partial charge in [-0.25, -0.2) is 0 Å². The Hall–Kier alpha value is -6.00. The van der Waals surface area contributed by atoms with Crippen LogP contribution in [0.1, 0.15) is 146 Å². The highest BCUT2D eigenvalue weighted by Gasteiger charge is 2.50. The molecule has 0 atom stereocenters. The number of para-hydroxylation sites is 2. The van der Waals surface area contributed by atoms with Gasteiger partial charge in [0, 0.05) is 33.7 Å². The van der Waals surface area contributed by atoms with Crippen LogP contribution in [0.25, 0.3) is 33.1 Å². The van der Waals surface area contributed by atoms with Gasteiger partial charge in [0.1, 0.15) is 11.2 Å². The van der Waals surface area contributed by atoms with Gasteiger partial charge >= 0.3 is 0 Å². The SMILES string of the molecule is Cc1cc2c(cc1N1c3cc4c(cc3B3c5ccc6oc7ccccc7c6c5N(c5ccccc5-c5ccccc5)c5cc(C6CCCCC6)cc1c53)C(C)(C)CC4(C)C)C(C)(C)CCC2(C)C. The minimum Gasteiger partial charge on any atom is -0.456 e. The van der Waals surface area contributed by atoms with Gasteiger partial charge in [0.05, 0.1) is 16.8 Å². The normalized spacial score (nSPS) is 19.4. The largest absolute Gasteiger partial charge is 0.456 e. The maximum Gasteiger partial charge on any atom is 0.252 e. The van der Waals surface area contributed by atoms with Crippen molar-refractivity contribution in [3.8, 4) is 11.1 Å². The first-order valence-electron chi connectivity index (χ1n) is 25.8. The number of nitrogens with zero attached hydrogens (tertiary/aromatic N) is 2. The molecular formula is C64H65BN2O. The highest BCUT2D eigenvalue weighted by Crippen LogP contribution is 2.56. The number of fused-ring (bicyclic) bond motifs is 10. The fourth-order valence-electron chi connectivity index (χ4n) is 14.4. The van der Waals surface area contributed by atoms with Crippen LogP contribution in [0.4, 0.5) is 34.1 Å². The van der Waals surface area contributed by atoms with E-state index in [0.717, 1.165) is 17.6 Å². The minimum atomic E-state index is -0.00187. The fraction of sp³-hybridized carbons (Fsp3) is 0.344. The molecule has 340 valence electrons. The molecule has 8 aromatic rings. The molecular weight excluding hydrogens is 824 g/mol. The molecule has 13 rings (SSSR count). The van der Waals surface area contributed by atoms with Crippen LogP contribution in [-0.4, -0.2) is 6.71 Å². The molecule has 3 heterocycles. The smallest absolute Gasteiger partial charge is 0.252 e. The zero-order chi connectivity index (χ0) is 46.6. The lowest BCUT2D eigenvalue weighted by Gasteiger charge is -2.47. The van der Waals surface area contributed by atoms with Crippen LogP contribution in [0.5, 0.6) is 0 Å². The van der Waals surface area contributed by atoms with Gasteiger partial charge in [-0.3, -0.25) is 0 Å². The topological polar surface area (TPSA) is 19.6 Å². The molecule has 1 aromatic heterocycles. The van der Waals surface area contributed by atoms with Crippen LogP contribution < -0.4 is 26.2 Å². The molecule has 0 spiro atoms. The average molecular weight is 889 g/mol. The van der Waals surface area contributed by atoms with E-state index in [1.165, 1.54) is 151 Å². The third-order valence-corrected chi connectivity index (χ3v) is 17.8. The number of hydrogen-bond acceptors (Lipinski definition) is 3. The number of furan rings is 1. The summed E-state index contributed by atoms with van der Waals surface area (Å²) in [6.45, 7) is 22.3. The Labute approximate surface area is 404 Å². The molecule has 0 bridgehead atoms. The monoisotopic (exact) mass is 889 g/mol. The second-order valence-electron chi connectivity index (χ2n) is 24.1. The van der Waals surface area contributed by atoms with Crippen LogP contribution in [0.3, 0.4) is 0 Å². The molecule has 7 aromatic carbocycles. The van der Waals surface area contributed by atoms with Crippen molar-refractivity contribution in [1.82, 2.24) is 0 Å². The molecule has 0 radical (unpaired) electrons. The molecule has 0 amide bonds. The summed E-state index contributed by atoms with van der Waals surface area (Å²) in [7, 11) is 0. The molecule has 0 N–H and O–H groups in total. The average Bonchev–Trinajstić information content (AvgIpc) is 3.80. The first kappa shape index (κ1) is 42.1. The van der Waals surface area contributed by atoms with Crippen molar-refractivity contribution >= 4 is 79.2 Å². The summed E-state index contributed by atoms with van der Waals surface area (Å²) >= 11 is 0. The number of anilines is 6. The van der Waals surface area contributed by atoms with E-state index in [2.05, 4.69) is 200 Å². The zero-order valence-corrected chi connectivity index (χ0v) is 41.7. The van der Waals surface area contributed by atoms with Gasteiger partial charge in [-0.05, 0) is 164 Å². The van der Waals surface area contributed by atoms with Crippen molar-refractivity contribution in [2.45, 2.75) is 141 Å². The molecule has 68 heavy (non-hydrogen) atoms. The minimum absolute atomic E-state index is 0.00187. The van der Waals surface area contributed by atoms with E-state index in [9.17, 15) is 0 Å². The number of aryl methyl sites for hydroxylation is 1. The van der Waals surface area contributed by atoms with Gasteiger partial charge in [0.15, 0.2) is 0 Å². The Bertz CT molecular complexity index is 3400. The summed E-state index contributed by atoms with van der Waals surface area (Å²) < 4.78 is 6.84. The number of hydrogen-bond donors (Lipinski definition) is 0. The standard InChI is InChI=1S/C64H65BN2O/c1-39-32-45-47(62(4,5)31-30-61(45,2)3)36-52(39)66-53-37-48-46(63(6,7)38-64(48,8)9)35-50(53)65-49-28-29-57-58(44-25-17-19-27-56(44)68-57)60(49)67(51-26-18-16-24-43(51)41-22-14-11-15-23-41)55-34-42(33-54(66)59(55)65)40-20-12-10-13-21-40/h11,14-19,22-29,32-37,40H,10,12-13,20-21,30-31,38H2,1-9H3. The van der Waals surface area contributed by atoms with Gasteiger partial charge in [0.2, 0.25) is 0 Å². The Morgan fingerprint density at radius 2 is 1.13 bits per heavy atom. The van der Waals surface area contributed by atoms with E-state index in [-0.39, 0.29) is 28.4 Å². The second kappa shape index (κ2) is 14.5. The van der Waals surface area contributed by atoms with Crippen LogP contribution >= 0.6 is 0 Å². The predicted octanol–water partition coefficient (Wildman–Crippen LogP) is 16.0. The lowest BCUT2D eigenvalue weighted by Crippen LogP contribution is -2.61. The second-order valence-corrected chi connectivity index (χ2v) is 24.1. The third kappa shape index (κ3) is 6.04. The van der Waals surface area contributed by atoms with E-state index >= 15 is 0 Å². The molecule has 3 nitrogen and oxygen atoms in total. The van der Waals surface area contributed by atoms with E-state index in [4.69, 9.17) is 4.42 Å². The van der Waals surface area contributed by atoms with Crippen LogP contribution in [0.15, 0.2) is 132 Å².